The van der Waals surface area contributed by atoms with Crippen molar-refractivity contribution in [1.82, 2.24) is 34.1 Å². The second-order valence-electron chi connectivity index (χ2n) is 13.1. The van der Waals surface area contributed by atoms with E-state index in [0.717, 1.165) is 12.5 Å². The van der Waals surface area contributed by atoms with Crippen LogP contribution in [0.25, 0.3) is 22.2 Å². The molecule has 1 aromatic carbocycles. The molecule has 5 aromatic rings. The second-order valence-corrected chi connectivity index (χ2v) is 16.8. The van der Waals surface area contributed by atoms with Crippen LogP contribution in [-0.4, -0.2) is 94.2 Å². The van der Waals surface area contributed by atoms with Crippen molar-refractivity contribution >= 4 is 60.7 Å². The van der Waals surface area contributed by atoms with Gasteiger partial charge in [0.15, 0.2) is 34.7 Å². The standard InChI is InChI=1S/C33H36FN9O11P2S/c1-17-21(12-44)51-33(43-16-40-24-27(36-14-38-29(24)43)41-30(45)19-7-4-3-5-8-19)26(17)54-56(57,49-10-6-9-35)50-13-22-25(53-55(47)48)18(2)32(52-22)42-11-20(34)23-28(42)37-15-39-31(23)46/h3-5,7-8,11,14-18,21-22,25-26,32-33,44,55H,6,10,12-13H2,1-2H3,(H,47,48)(H,37,39,46)(H,36,38,41,45)/t17-,18-,21-,22-,25+,26-,32-,33-,56?/m1/s1. The number of aliphatic hydroxyl groups excluding tert-OH is 1. The van der Waals surface area contributed by atoms with Crippen LogP contribution in [0.2, 0.25) is 0 Å². The average molecular weight is 848 g/mol. The van der Waals surface area contributed by atoms with Crippen molar-refractivity contribution in [3.63, 3.8) is 0 Å². The van der Waals surface area contributed by atoms with E-state index >= 15 is 0 Å². The first kappa shape index (κ1) is 40.8. The maximum atomic E-state index is 14.9. The van der Waals surface area contributed by atoms with Crippen molar-refractivity contribution in [3.05, 3.63) is 77.2 Å². The van der Waals surface area contributed by atoms with Gasteiger partial charge in [0.05, 0.1) is 51.1 Å². The van der Waals surface area contributed by atoms with Crippen molar-refractivity contribution in [2.45, 2.75) is 57.1 Å². The zero-order valence-electron chi connectivity index (χ0n) is 30.1. The van der Waals surface area contributed by atoms with E-state index in [1.807, 2.05) is 6.07 Å². The molecule has 2 aliphatic rings. The van der Waals surface area contributed by atoms with Gasteiger partial charge in [-0.15, -0.1) is 0 Å². The highest BCUT2D eigenvalue weighted by Gasteiger charge is 2.49. The Morgan fingerprint density at radius 2 is 1.86 bits per heavy atom. The van der Waals surface area contributed by atoms with Gasteiger partial charge < -0.3 is 52.4 Å². The number of aromatic nitrogens is 7. The molecule has 2 fully saturated rings. The Balaban J connectivity index is 1.16. The highest BCUT2D eigenvalue weighted by molar-refractivity contribution is 8.07. The molecule has 0 saturated carbocycles. The fourth-order valence-electron chi connectivity index (χ4n) is 6.82. The van der Waals surface area contributed by atoms with Crippen LogP contribution in [0.3, 0.4) is 0 Å². The number of amides is 1. The summed E-state index contributed by atoms with van der Waals surface area (Å²) in [5.41, 5.74) is 0.148. The number of nitrogens with one attached hydrogen (secondary N) is 2. The fourth-order valence-corrected chi connectivity index (χ4v) is 9.56. The molecule has 0 bridgehead atoms. The molecule has 0 aliphatic carbocycles. The van der Waals surface area contributed by atoms with Gasteiger partial charge in [0, 0.05) is 23.6 Å². The Morgan fingerprint density at radius 3 is 2.60 bits per heavy atom. The van der Waals surface area contributed by atoms with Gasteiger partial charge in [-0.3, -0.25) is 18.7 Å². The minimum atomic E-state index is -3.90. The monoisotopic (exact) mass is 847 g/mol. The zero-order chi connectivity index (χ0) is 40.4. The molecule has 6 heterocycles. The number of fused-ring (bicyclic) bond motifs is 2. The van der Waals surface area contributed by atoms with Crippen molar-refractivity contribution in [3.8, 4) is 6.07 Å². The minimum Gasteiger partial charge on any atom is -0.394 e. The normalized spacial score (nSPS) is 26.4. The number of halogens is 1. The molecule has 1 amide bonds. The number of carbonyl (C=O) groups is 1. The number of anilines is 1. The number of H-pyrrole nitrogens is 1. The number of nitriles is 1. The molecule has 0 spiro atoms. The predicted molar refractivity (Wildman–Crippen MR) is 201 cm³/mol. The van der Waals surface area contributed by atoms with Crippen molar-refractivity contribution in [2.24, 2.45) is 11.8 Å². The molecule has 7 rings (SSSR count). The summed E-state index contributed by atoms with van der Waals surface area (Å²) >= 11 is 5.88. The predicted octanol–water partition coefficient (Wildman–Crippen LogP) is 3.34. The molecule has 4 N–H and O–H groups in total. The number of hydrogen-bond acceptors (Lipinski definition) is 16. The Hall–Kier alpha value is -4.36. The highest BCUT2D eigenvalue weighted by Crippen LogP contribution is 2.56. The van der Waals surface area contributed by atoms with Crippen molar-refractivity contribution in [2.75, 3.05) is 25.1 Å². The van der Waals surface area contributed by atoms with Gasteiger partial charge in [-0.05, 0) is 23.9 Å². The summed E-state index contributed by atoms with van der Waals surface area (Å²) in [6.45, 7) is -1.52. The van der Waals surface area contributed by atoms with Crippen LogP contribution in [0, 0.1) is 29.0 Å². The first-order valence-corrected chi connectivity index (χ1v) is 21.3. The molecule has 2 unspecified atom stereocenters. The van der Waals surface area contributed by atoms with E-state index in [2.05, 4.69) is 30.2 Å². The zero-order valence-corrected chi connectivity index (χ0v) is 32.8. The quantitative estimate of drug-likeness (QED) is 0.0870. The summed E-state index contributed by atoms with van der Waals surface area (Å²) in [7, 11) is -3.55. The first-order valence-electron chi connectivity index (χ1n) is 17.5. The number of carbonyl (C=O) groups excluding carboxylic acids is 1. The molecule has 2 aliphatic heterocycles. The summed E-state index contributed by atoms with van der Waals surface area (Å²) in [5, 5.41) is 22.0. The van der Waals surface area contributed by atoms with Crippen LogP contribution in [0.5, 0.6) is 0 Å². The third-order valence-electron chi connectivity index (χ3n) is 9.62. The molecule has 10 atom stereocenters. The number of aliphatic hydroxyl groups is 1. The Bertz CT molecular complexity index is 2430. The summed E-state index contributed by atoms with van der Waals surface area (Å²) in [5.74, 6) is -2.40. The van der Waals surface area contributed by atoms with Gasteiger partial charge in [0.1, 0.15) is 36.3 Å². The lowest BCUT2D eigenvalue weighted by molar-refractivity contribution is -0.0554. The van der Waals surface area contributed by atoms with E-state index in [0.29, 0.717) is 5.56 Å². The van der Waals surface area contributed by atoms with Gasteiger partial charge in [0.2, 0.25) is 0 Å². The van der Waals surface area contributed by atoms with E-state index in [-0.39, 0.29) is 41.0 Å². The maximum absolute atomic E-state index is 14.9. The van der Waals surface area contributed by atoms with Crippen molar-refractivity contribution in [1.29, 1.82) is 5.26 Å². The van der Waals surface area contributed by atoms with E-state index in [4.69, 9.17) is 39.4 Å². The van der Waals surface area contributed by atoms with E-state index in [1.54, 1.807) is 44.2 Å². The van der Waals surface area contributed by atoms with Crippen LogP contribution in [-0.2, 0) is 43.9 Å². The van der Waals surface area contributed by atoms with Crippen LogP contribution in [0.4, 0.5) is 10.2 Å². The third kappa shape index (κ3) is 8.32. The lowest BCUT2D eigenvalue weighted by atomic mass is 10.0. The number of imidazole rings is 1. The summed E-state index contributed by atoms with van der Waals surface area (Å²) in [4.78, 5) is 54.6. The lowest BCUT2D eigenvalue weighted by Gasteiger charge is -2.30. The van der Waals surface area contributed by atoms with E-state index in [1.165, 1.54) is 21.8 Å². The van der Waals surface area contributed by atoms with Gasteiger partial charge >= 0.3 is 15.0 Å². The van der Waals surface area contributed by atoms with Gasteiger partial charge in [-0.2, -0.15) is 5.26 Å². The van der Waals surface area contributed by atoms with Crippen LogP contribution in [0.15, 0.2) is 60.3 Å². The van der Waals surface area contributed by atoms with E-state index in [9.17, 15) is 33.8 Å². The van der Waals surface area contributed by atoms with Crippen LogP contribution < -0.4 is 10.9 Å². The number of nitrogens with zero attached hydrogens (tertiary/aromatic N) is 7. The number of benzene rings is 1. The number of aromatic amines is 1. The second kappa shape index (κ2) is 17.2. The van der Waals surface area contributed by atoms with Crippen molar-refractivity contribution < 1.29 is 51.3 Å². The topological polar surface area (TPSA) is 260 Å². The summed E-state index contributed by atoms with van der Waals surface area (Å²) < 4.78 is 66.3. The van der Waals surface area contributed by atoms with Gasteiger partial charge in [-0.25, -0.2) is 24.3 Å². The fraction of sp³-hybridized carbons (Fsp3) is 0.424. The highest BCUT2D eigenvalue weighted by atomic mass is 32.5. The molecule has 4 aromatic heterocycles. The smallest absolute Gasteiger partial charge is 0.327 e. The average Bonchev–Trinajstić information content (AvgIpc) is 3.94. The lowest BCUT2D eigenvalue weighted by Crippen LogP contribution is -2.32. The SMILES string of the molecule is C[C@@H]1[C@H](O[PH](=O)O)[C@@H](COP(=S)(OCCC#N)O[C@@H]2[C@H](C)[C@@H](CO)O[C@H]2n2cnc3c(NC(=O)c4ccccc4)ncnc32)O[C@H]1n1cc(F)c2c(=O)[nH]cnc21. The van der Waals surface area contributed by atoms with Gasteiger partial charge in [0.25, 0.3) is 11.5 Å². The Kier molecular flexibility index (Phi) is 12.3. The molecule has 20 nitrogen and oxygen atoms in total. The molecule has 57 heavy (non-hydrogen) atoms. The molecule has 2 saturated heterocycles. The van der Waals surface area contributed by atoms with Crippen LogP contribution >= 0.6 is 15.0 Å². The number of hydrogen-bond donors (Lipinski definition) is 4. The first-order chi connectivity index (χ1) is 27.4. The third-order valence-corrected chi connectivity index (χ3v) is 12.5. The Labute approximate surface area is 328 Å². The minimum absolute atomic E-state index is 0.0268. The summed E-state index contributed by atoms with van der Waals surface area (Å²) in [6.07, 6.45) is -1.32. The maximum Gasteiger partial charge on any atom is 0.327 e. The molecule has 302 valence electrons. The number of rotatable bonds is 15. The molecular formula is C33H36FN9O11P2S. The molecular weight excluding hydrogens is 811 g/mol. The molecule has 24 heteroatoms. The summed E-state index contributed by atoms with van der Waals surface area (Å²) in [6, 6.07) is 10.5. The molecule has 0 radical (unpaired) electrons. The van der Waals surface area contributed by atoms with Crippen LogP contribution in [0.1, 0.15) is 43.1 Å². The largest absolute Gasteiger partial charge is 0.394 e. The van der Waals surface area contributed by atoms with E-state index < -0.39 is 94.2 Å². The van der Waals surface area contributed by atoms with Gasteiger partial charge in [-0.1, -0.05) is 32.0 Å². The number of ether oxygens (including phenoxy) is 2. The Morgan fingerprint density at radius 1 is 1.09 bits per heavy atom.